The van der Waals surface area contributed by atoms with Gasteiger partial charge < -0.3 is 10.0 Å². The van der Waals surface area contributed by atoms with Crippen molar-refractivity contribution in [2.24, 2.45) is 0 Å². The van der Waals surface area contributed by atoms with Gasteiger partial charge in [0.25, 0.3) is 0 Å². The predicted octanol–water partition coefficient (Wildman–Crippen LogP) is 2.41. The summed E-state index contributed by atoms with van der Waals surface area (Å²) < 4.78 is 0. The van der Waals surface area contributed by atoms with E-state index in [4.69, 9.17) is 0 Å². The fourth-order valence-electron chi connectivity index (χ4n) is 2.17. The zero-order chi connectivity index (χ0) is 10.2. The maximum absolute atomic E-state index is 9.48. The summed E-state index contributed by atoms with van der Waals surface area (Å²) in [6, 6.07) is 0. The van der Waals surface area contributed by atoms with E-state index in [1.165, 1.54) is 51.6 Å². The smallest absolute Gasteiger partial charge is 0.0667 e. The molecule has 1 rings (SSSR count). The third kappa shape index (κ3) is 4.97. The van der Waals surface area contributed by atoms with Crippen LogP contribution in [0.2, 0.25) is 0 Å². The monoisotopic (exact) mass is 199 g/mol. The largest absolute Gasteiger partial charge is 0.392 e. The van der Waals surface area contributed by atoms with Gasteiger partial charge in [-0.05, 0) is 32.4 Å². The highest BCUT2D eigenvalue weighted by atomic mass is 16.3. The lowest BCUT2D eigenvalue weighted by Crippen LogP contribution is -2.38. The van der Waals surface area contributed by atoms with E-state index < -0.39 is 0 Å². The second-order valence-corrected chi connectivity index (χ2v) is 4.51. The van der Waals surface area contributed by atoms with E-state index in [0.717, 1.165) is 13.0 Å². The lowest BCUT2D eigenvalue weighted by molar-refractivity contribution is 0.0698. The molecule has 0 spiro atoms. The van der Waals surface area contributed by atoms with Crippen LogP contribution in [0.1, 0.15) is 51.9 Å². The summed E-state index contributed by atoms with van der Waals surface area (Å²) in [4.78, 5) is 2.42. The zero-order valence-corrected chi connectivity index (χ0v) is 9.54. The first-order valence-corrected chi connectivity index (χ1v) is 6.23. The molecule has 1 aliphatic rings. The standard InChI is InChI=1S/C12H25NO/c1-2-3-4-5-6-9-13-10-7-8-12(14)11-13/h12,14H,2-11H2,1H3/t12-/m0/s1. The summed E-state index contributed by atoms with van der Waals surface area (Å²) in [5, 5.41) is 9.48. The average molecular weight is 199 g/mol. The van der Waals surface area contributed by atoms with Crippen molar-refractivity contribution < 1.29 is 5.11 Å². The minimum atomic E-state index is -0.0561. The summed E-state index contributed by atoms with van der Waals surface area (Å²) in [5.41, 5.74) is 0. The Morgan fingerprint density at radius 3 is 2.71 bits per heavy atom. The molecular weight excluding hydrogens is 174 g/mol. The predicted molar refractivity (Wildman–Crippen MR) is 60.4 cm³/mol. The first kappa shape index (κ1) is 12.0. The van der Waals surface area contributed by atoms with Crippen LogP contribution in [0, 0.1) is 0 Å². The highest BCUT2D eigenvalue weighted by molar-refractivity contribution is 4.71. The Hall–Kier alpha value is -0.0800. The van der Waals surface area contributed by atoms with Crippen molar-refractivity contribution in [3.05, 3.63) is 0 Å². The number of aliphatic hydroxyl groups is 1. The number of unbranched alkanes of at least 4 members (excludes halogenated alkanes) is 4. The van der Waals surface area contributed by atoms with Gasteiger partial charge in [-0.25, -0.2) is 0 Å². The molecule has 0 amide bonds. The van der Waals surface area contributed by atoms with Crippen molar-refractivity contribution in [3.63, 3.8) is 0 Å². The van der Waals surface area contributed by atoms with Crippen LogP contribution in [0.5, 0.6) is 0 Å². The van der Waals surface area contributed by atoms with Crippen LogP contribution in [-0.2, 0) is 0 Å². The summed E-state index contributed by atoms with van der Waals surface area (Å²) in [6.45, 7) is 5.56. The van der Waals surface area contributed by atoms with Crippen molar-refractivity contribution in [3.8, 4) is 0 Å². The quantitative estimate of drug-likeness (QED) is 0.664. The molecule has 2 nitrogen and oxygen atoms in total. The van der Waals surface area contributed by atoms with Crippen molar-refractivity contribution >= 4 is 0 Å². The molecule has 0 radical (unpaired) electrons. The van der Waals surface area contributed by atoms with E-state index in [1.54, 1.807) is 0 Å². The number of piperidine rings is 1. The van der Waals surface area contributed by atoms with E-state index in [-0.39, 0.29) is 6.10 Å². The number of likely N-dealkylation sites (tertiary alicyclic amines) is 1. The molecule has 2 heteroatoms. The lowest BCUT2D eigenvalue weighted by Gasteiger charge is -2.29. The number of aliphatic hydroxyl groups excluding tert-OH is 1. The third-order valence-corrected chi connectivity index (χ3v) is 3.06. The molecule has 1 fully saturated rings. The third-order valence-electron chi connectivity index (χ3n) is 3.06. The van der Waals surface area contributed by atoms with Gasteiger partial charge in [0, 0.05) is 6.54 Å². The van der Waals surface area contributed by atoms with E-state index in [1.807, 2.05) is 0 Å². The van der Waals surface area contributed by atoms with Gasteiger partial charge in [-0.1, -0.05) is 32.6 Å². The molecule has 0 saturated carbocycles. The van der Waals surface area contributed by atoms with Crippen molar-refractivity contribution in [1.29, 1.82) is 0 Å². The molecule has 14 heavy (non-hydrogen) atoms. The van der Waals surface area contributed by atoms with Crippen LogP contribution in [0.25, 0.3) is 0 Å². The highest BCUT2D eigenvalue weighted by Gasteiger charge is 2.16. The SMILES string of the molecule is CCCCCCCN1CCC[C@H](O)C1. The maximum atomic E-state index is 9.48. The first-order chi connectivity index (χ1) is 6.83. The van der Waals surface area contributed by atoms with Crippen molar-refractivity contribution in [2.45, 2.75) is 58.0 Å². The highest BCUT2D eigenvalue weighted by Crippen LogP contribution is 2.11. The summed E-state index contributed by atoms with van der Waals surface area (Å²) in [7, 11) is 0. The van der Waals surface area contributed by atoms with Crippen LogP contribution < -0.4 is 0 Å². The van der Waals surface area contributed by atoms with E-state index >= 15 is 0 Å². The molecule has 0 aromatic rings. The molecule has 1 heterocycles. The summed E-state index contributed by atoms with van der Waals surface area (Å²) >= 11 is 0. The van der Waals surface area contributed by atoms with Crippen LogP contribution in [-0.4, -0.2) is 35.7 Å². The molecule has 1 aliphatic heterocycles. The molecular formula is C12H25NO. The zero-order valence-electron chi connectivity index (χ0n) is 9.54. The normalized spacial score (nSPS) is 24.0. The lowest BCUT2D eigenvalue weighted by atomic mass is 10.1. The second kappa shape index (κ2) is 7.24. The van der Waals surface area contributed by atoms with Gasteiger partial charge >= 0.3 is 0 Å². The number of nitrogens with zero attached hydrogens (tertiary/aromatic N) is 1. The fourth-order valence-corrected chi connectivity index (χ4v) is 2.17. The molecule has 1 atom stereocenters. The molecule has 84 valence electrons. The van der Waals surface area contributed by atoms with Gasteiger partial charge in [0.2, 0.25) is 0 Å². The molecule has 0 bridgehead atoms. The minimum absolute atomic E-state index is 0.0561. The first-order valence-electron chi connectivity index (χ1n) is 6.23. The average Bonchev–Trinajstić information content (AvgIpc) is 2.18. The van der Waals surface area contributed by atoms with Gasteiger partial charge in [0.1, 0.15) is 0 Å². The van der Waals surface area contributed by atoms with Gasteiger partial charge in [-0.3, -0.25) is 0 Å². The topological polar surface area (TPSA) is 23.5 Å². The second-order valence-electron chi connectivity index (χ2n) is 4.51. The van der Waals surface area contributed by atoms with Crippen LogP contribution in [0.15, 0.2) is 0 Å². The van der Waals surface area contributed by atoms with Gasteiger partial charge in [-0.15, -0.1) is 0 Å². The Morgan fingerprint density at radius 1 is 1.21 bits per heavy atom. The van der Waals surface area contributed by atoms with E-state index in [2.05, 4.69) is 11.8 Å². The fraction of sp³-hybridized carbons (Fsp3) is 1.00. The Bertz CT molecular complexity index is 138. The maximum Gasteiger partial charge on any atom is 0.0667 e. The Kier molecular flexibility index (Phi) is 6.20. The Balaban J connectivity index is 1.95. The molecule has 0 aliphatic carbocycles. The van der Waals surface area contributed by atoms with Crippen molar-refractivity contribution in [2.75, 3.05) is 19.6 Å². The summed E-state index contributed by atoms with van der Waals surface area (Å²) in [5.74, 6) is 0. The molecule has 0 unspecified atom stereocenters. The van der Waals surface area contributed by atoms with Crippen LogP contribution >= 0.6 is 0 Å². The van der Waals surface area contributed by atoms with Crippen LogP contribution in [0.4, 0.5) is 0 Å². The van der Waals surface area contributed by atoms with Gasteiger partial charge in [0.05, 0.1) is 6.10 Å². The van der Waals surface area contributed by atoms with Gasteiger partial charge in [-0.2, -0.15) is 0 Å². The number of β-amino-alcohol motifs (C(OH)–C–C–N with tert-alkyl or cyclic N) is 1. The molecule has 1 N–H and O–H groups in total. The Labute approximate surface area is 88.3 Å². The number of hydrogen-bond donors (Lipinski definition) is 1. The van der Waals surface area contributed by atoms with Crippen molar-refractivity contribution in [1.82, 2.24) is 4.90 Å². The number of hydrogen-bond acceptors (Lipinski definition) is 2. The van der Waals surface area contributed by atoms with Gasteiger partial charge in [0.15, 0.2) is 0 Å². The van der Waals surface area contributed by atoms with E-state index in [0.29, 0.717) is 0 Å². The number of rotatable bonds is 6. The van der Waals surface area contributed by atoms with E-state index in [9.17, 15) is 5.11 Å². The molecule has 1 saturated heterocycles. The van der Waals surface area contributed by atoms with Crippen LogP contribution in [0.3, 0.4) is 0 Å². The molecule has 0 aromatic carbocycles. The summed E-state index contributed by atoms with van der Waals surface area (Å²) in [6.07, 6.45) is 8.88. The minimum Gasteiger partial charge on any atom is -0.392 e. The Morgan fingerprint density at radius 2 is 2.00 bits per heavy atom. The molecule has 0 aromatic heterocycles.